The van der Waals surface area contributed by atoms with E-state index in [1.807, 2.05) is 48.7 Å². The number of thiophene rings is 1. The molecule has 0 aliphatic carbocycles. The Kier molecular flexibility index (Phi) is 4.69. The summed E-state index contributed by atoms with van der Waals surface area (Å²) in [5.41, 5.74) is 0.854. The van der Waals surface area contributed by atoms with Gasteiger partial charge in [0.2, 0.25) is 11.8 Å². The van der Waals surface area contributed by atoms with Crippen LogP contribution in [0.25, 0.3) is 22.2 Å². The molecule has 0 spiro atoms. The van der Waals surface area contributed by atoms with Crippen LogP contribution in [0.15, 0.2) is 60.3 Å². The number of nitrogens with zero attached hydrogens (tertiary/aromatic N) is 4. The first-order valence-corrected chi connectivity index (χ1v) is 9.88. The van der Waals surface area contributed by atoms with E-state index in [0.717, 1.165) is 14.9 Å². The second-order valence-corrected chi connectivity index (χ2v) is 8.13. The number of rotatable bonds is 5. The minimum atomic E-state index is -0.103. The highest BCUT2D eigenvalue weighted by Crippen LogP contribution is 2.36. The summed E-state index contributed by atoms with van der Waals surface area (Å²) in [4.78, 5) is 0.949. The van der Waals surface area contributed by atoms with Crippen molar-refractivity contribution in [3.05, 3.63) is 52.1 Å². The number of halogens is 1. The quantitative estimate of drug-likeness (QED) is 0.385. The van der Waals surface area contributed by atoms with Crippen LogP contribution in [-0.4, -0.2) is 20.4 Å². The molecule has 25 heavy (non-hydrogen) atoms. The summed E-state index contributed by atoms with van der Waals surface area (Å²) in [6.45, 7) is 1.96. The lowest BCUT2D eigenvalue weighted by Gasteiger charge is -2.01. The van der Waals surface area contributed by atoms with Gasteiger partial charge in [-0.2, -0.15) is 0 Å². The van der Waals surface area contributed by atoms with Gasteiger partial charge in [-0.1, -0.05) is 30.0 Å². The maximum Gasteiger partial charge on any atom is 0.277 e. The molecule has 4 aromatic rings. The minimum absolute atomic E-state index is 0.103. The molecule has 0 unspecified atom stereocenters. The molecule has 1 atom stereocenters. The van der Waals surface area contributed by atoms with Crippen molar-refractivity contribution in [2.24, 2.45) is 0 Å². The van der Waals surface area contributed by atoms with Gasteiger partial charge in [0.1, 0.15) is 0 Å². The van der Waals surface area contributed by atoms with Gasteiger partial charge in [0.25, 0.3) is 11.1 Å². The predicted molar refractivity (Wildman–Crippen MR) is 99.3 cm³/mol. The zero-order chi connectivity index (χ0) is 17.2. The lowest BCUT2D eigenvalue weighted by atomic mass is 10.2. The molecule has 3 aromatic heterocycles. The molecule has 126 valence electrons. The van der Waals surface area contributed by atoms with Crippen molar-refractivity contribution < 1.29 is 8.83 Å². The Bertz CT molecular complexity index is 984. The molecular formula is C16H11BrN4O2S2. The molecule has 0 saturated carbocycles. The third kappa shape index (κ3) is 3.53. The van der Waals surface area contributed by atoms with Gasteiger partial charge in [0.05, 0.1) is 15.7 Å². The van der Waals surface area contributed by atoms with Crippen molar-refractivity contribution in [3.63, 3.8) is 0 Å². The van der Waals surface area contributed by atoms with Crippen LogP contribution in [0.2, 0.25) is 0 Å². The molecule has 3 heterocycles. The van der Waals surface area contributed by atoms with Gasteiger partial charge in [-0.3, -0.25) is 0 Å². The normalized spacial score (nSPS) is 12.4. The van der Waals surface area contributed by atoms with Gasteiger partial charge >= 0.3 is 0 Å². The van der Waals surface area contributed by atoms with E-state index < -0.39 is 0 Å². The fourth-order valence-electron chi connectivity index (χ4n) is 2.10. The molecule has 9 heteroatoms. The molecular weight excluding hydrogens is 424 g/mol. The molecule has 0 N–H and O–H groups in total. The van der Waals surface area contributed by atoms with Crippen molar-refractivity contribution in [1.29, 1.82) is 0 Å². The number of thioether (sulfide) groups is 1. The van der Waals surface area contributed by atoms with Crippen LogP contribution in [-0.2, 0) is 0 Å². The van der Waals surface area contributed by atoms with Gasteiger partial charge in [-0.15, -0.1) is 31.7 Å². The average molecular weight is 435 g/mol. The SMILES string of the molecule is C[C@@H](Sc1nnc(-c2ccccc2Br)o1)c1nnc(-c2cccs2)o1. The van der Waals surface area contributed by atoms with E-state index in [-0.39, 0.29) is 5.25 Å². The molecule has 0 aliphatic rings. The highest BCUT2D eigenvalue weighted by Gasteiger charge is 2.20. The van der Waals surface area contributed by atoms with Crippen LogP contribution in [0, 0.1) is 0 Å². The predicted octanol–water partition coefficient (Wildman–Crippen LogP) is 5.46. The molecule has 0 amide bonds. The van der Waals surface area contributed by atoms with E-state index >= 15 is 0 Å². The minimum Gasteiger partial charge on any atom is -0.419 e. The van der Waals surface area contributed by atoms with Gasteiger partial charge in [0, 0.05) is 4.47 Å². The summed E-state index contributed by atoms with van der Waals surface area (Å²) in [7, 11) is 0. The lowest BCUT2D eigenvalue weighted by molar-refractivity contribution is 0.461. The Morgan fingerprint density at radius 3 is 2.64 bits per heavy atom. The monoisotopic (exact) mass is 434 g/mol. The van der Waals surface area contributed by atoms with E-state index in [9.17, 15) is 0 Å². The first-order valence-electron chi connectivity index (χ1n) is 7.33. The van der Waals surface area contributed by atoms with Crippen LogP contribution in [0.5, 0.6) is 0 Å². The number of hydrogen-bond acceptors (Lipinski definition) is 8. The van der Waals surface area contributed by atoms with Crippen molar-refractivity contribution in [3.8, 4) is 22.2 Å². The van der Waals surface area contributed by atoms with Crippen LogP contribution in [0.1, 0.15) is 18.1 Å². The molecule has 0 saturated heterocycles. The van der Waals surface area contributed by atoms with Gasteiger partial charge in [-0.05, 0) is 46.4 Å². The van der Waals surface area contributed by atoms with Gasteiger partial charge < -0.3 is 8.83 Å². The number of aromatic nitrogens is 4. The Morgan fingerprint density at radius 1 is 1.00 bits per heavy atom. The van der Waals surface area contributed by atoms with E-state index in [4.69, 9.17) is 8.83 Å². The average Bonchev–Trinajstić information content (AvgIpc) is 3.36. The third-order valence-corrected chi connectivity index (χ3v) is 5.78. The molecule has 0 aliphatic heterocycles. The molecule has 0 fully saturated rings. The van der Waals surface area contributed by atoms with Crippen LogP contribution >= 0.6 is 39.0 Å². The van der Waals surface area contributed by atoms with Crippen molar-refractivity contribution in [1.82, 2.24) is 20.4 Å². The largest absolute Gasteiger partial charge is 0.419 e. The number of hydrogen-bond donors (Lipinski definition) is 0. The fourth-order valence-corrected chi connectivity index (χ4v) is 3.91. The van der Waals surface area contributed by atoms with E-state index in [1.165, 1.54) is 11.8 Å². The summed E-state index contributed by atoms with van der Waals surface area (Å²) < 4.78 is 12.4. The van der Waals surface area contributed by atoms with E-state index in [2.05, 4.69) is 36.3 Å². The molecule has 0 radical (unpaired) electrons. The van der Waals surface area contributed by atoms with Gasteiger partial charge in [-0.25, -0.2) is 0 Å². The van der Waals surface area contributed by atoms with E-state index in [1.54, 1.807) is 11.3 Å². The summed E-state index contributed by atoms with van der Waals surface area (Å²) in [5, 5.41) is 18.7. The zero-order valence-electron chi connectivity index (χ0n) is 12.9. The Morgan fingerprint density at radius 2 is 1.84 bits per heavy atom. The van der Waals surface area contributed by atoms with Gasteiger partial charge in [0.15, 0.2) is 0 Å². The summed E-state index contributed by atoms with van der Waals surface area (Å²) in [5.74, 6) is 1.51. The van der Waals surface area contributed by atoms with Crippen LogP contribution in [0.4, 0.5) is 0 Å². The standard InChI is InChI=1S/C16H11BrN4O2S2/c1-9(13-18-20-15(22-13)12-7-4-8-24-12)25-16-21-19-14(23-16)10-5-2-3-6-11(10)17/h2-9H,1H3/t9-/m1/s1. The maximum absolute atomic E-state index is 5.74. The topological polar surface area (TPSA) is 77.8 Å². The Hall–Kier alpha value is -1.97. The molecule has 0 bridgehead atoms. The maximum atomic E-state index is 5.74. The first-order chi connectivity index (χ1) is 12.2. The second kappa shape index (κ2) is 7.11. The first kappa shape index (κ1) is 16.5. The molecule has 1 aromatic carbocycles. The summed E-state index contributed by atoms with van der Waals surface area (Å²) in [6.07, 6.45) is 0. The highest BCUT2D eigenvalue weighted by atomic mass is 79.9. The van der Waals surface area contributed by atoms with E-state index in [0.29, 0.717) is 22.9 Å². The number of benzene rings is 1. The summed E-state index contributed by atoms with van der Waals surface area (Å²) >= 11 is 6.42. The van der Waals surface area contributed by atoms with Crippen molar-refractivity contribution in [2.45, 2.75) is 17.4 Å². The zero-order valence-corrected chi connectivity index (χ0v) is 16.1. The highest BCUT2D eigenvalue weighted by molar-refractivity contribution is 9.10. The molecule has 4 rings (SSSR count). The Balaban J connectivity index is 1.50. The smallest absolute Gasteiger partial charge is 0.277 e. The lowest BCUT2D eigenvalue weighted by Crippen LogP contribution is -1.88. The summed E-state index contributed by atoms with van der Waals surface area (Å²) in [6, 6.07) is 11.6. The molecule has 6 nitrogen and oxygen atoms in total. The third-order valence-electron chi connectivity index (χ3n) is 3.31. The second-order valence-electron chi connectivity index (χ2n) is 5.04. The van der Waals surface area contributed by atoms with Crippen LogP contribution < -0.4 is 0 Å². The van der Waals surface area contributed by atoms with Crippen molar-refractivity contribution >= 4 is 39.0 Å². The van der Waals surface area contributed by atoms with Crippen LogP contribution in [0.3, 0.4) is 0 Å². The Labute approximate surface area is 159 Å². The van der Waals surface area contributed by atoms with Crippen molar-refractivity contribution in [2.75, 3.05) is 0 Å². The fraction of sp³-hybridized carbons (Fsp3) is 0.125.